The van der Waals surface area contributed by atoms with E-state index in [4.69, 9.17) is 9.84 Å². The molecule has 2 unspecified atom stereocenters. The number of carboxylic acid groups (broad SMARTS) is 1. The Hall–Kier alpha value is -3.35. The highest BCUT2D eigenvalue weighted by molar-refractivity contribution is 5.81. The fraction of sp³-hybridized carbons (Fsp3) is 0.464. The SMILES string of the molecule is CCCC(CC(=O)O)NC(=O)C(CNC(=O)OCC1c2ccccc2-c2ccccc21)CC1CC1. The first-order valence-corrected chi connectivity index (χ1v) is 12.6. The molecular formula is C28H34N2O5. The van der Waals surface area contributed by atoms with Gasteiger partial charge in [-0.05, 0) is 41.0 Å². The summed E-state index contributed by atoms with van der Waals surface area (Å²) < 4.78 is 5.60. The third-order valence-electron chi connectivity index (χ3n) is 6.93. The number of carbonyl (C=O) groups excluding carboxylic acids is 2. The van der Waals surface area contributed by atoms with E-state index in [1.165, 1.54) is 11.1 Å². The van der Waals surface area contributed by atoms with Crippen LogP contribution >= 0.6 is 0 Å². The van der Waals surface area contributed by atoms with Crippen molar-refractivity contribution < 1.29 is 24.2 Å². The van der Waals surface area contributed by atoms with Crippen LogP contribution in [0.3, 0.4) is 0 Å². The Labute approximate surface area is 206 Å². The van der Waals surface area contributed by atoms with Crippen LogP contribution in [0.2, 0.25) is 0 Å². The summed E-state index contributed by atoms with van der Waals surface area (Å²) in [6.07, 6.45) is 3.59. The molecular weight excluding hydrogens is 444 g/mol. The van der Waals surface area contributed by atoms with E-state index in [0.29, 0.717) is 18.8 Å². The zero-order chi connectivity index (χ0) is 24.8. The normalized spacial score (nSPS) is 16.0. The summed E-state index contributed by atoms with van der Waals surface area (Å²) in [5, 5.41) is 14.8. The van der Waals surface area contributed by atoms with Crippen molar-refractivity contribution in [1.82, 2.24) is 10.6 Å². The molecule has 2 aromatic rings. The first-order valence-electron chi connectivity index (χ1n) is 12.6. The number of fused-ring (bicyclic) bond motifs is 3. The van der Waals surface area contributed by atoms with Crippen molar-refractivity contribution in [3.8, 4) is 11.1 Å². The Morgan fingerprint density at radius 3 is 2.23 bits per heavy atom. The van der Waals surface area contributed by atoms with Gasteiger partial charge in [0, 0.05) is 18.5 Å². The summed E-state index contributed by atoms with van der Waals surface area (Å²) in [5.41, 5.74) is 4.63. The van der Waals surface area contributed by atoms with Crippen LogP contribution < -0.4 is 10.6 Å². The number of hydrogen-bond donors (Lipinski definition) is 3. The minimum absolute atomic E-state index is 0.0236. The Bertz CT molecular complexity index is 1020. The van der Waals surface area contributed by atoms with Gasteiger partial charge < -0.3 is 20.5 Å². The average Bonchev–Trinajstić information content (AvgIpc) is 3.60. The maximum atomic E-state index is 12.9. The van der Waals surface area contributed by atoms with Gasteiger partial charge in [-0.25, -0.2) is 4.79 Å². The number of rotatable bonds is 12. The van der Waals surface area contributed by atoms with E-state index in [9.17, 15) is 14.4 Å². The maximum Gasteiger partial charge on any atom is 0.407 e. The summed E-state index contributed by atoms with van der Waals surface area (Å²) in [7, 11) is 0. The molecule has 4 rings (SSSR count). The van der Waals surface area contributed by atoms with Crippen molar-refractivity contribution in [3.05, 3.63) is 59.7 Å². The van der Waals surface area contributed by atoms with Crippen molar-refractivity contribution in [1.29, 1.82) is 0 Å². The highest BCUT2D eigenvalue weighted by atomic mass is 16.5. The quantitative estimate of drug-likeness (QED) is 0.410. The maximum absolute atomic E-state index is 12.9. The topological polar surface area (TPSA) is 105 Å². The van der Waals surface area contributed by atoms with E-state index in [2.05, 4.69) is 34.9 Å². The second-order valence-corrected chi connectivity index (χ2v) is 9.67. The van der Waals surface area contributed by atoms with E-state index < -0.39 is 24.0 Å². The molecule has 3 N–H and O–H groups in total. The molecule has 0 radical (unpaired) electrons. The summed E-state index contributed by atoms with van der Waals surface area (Å²) in [4.78, 5) is 36.7. The Morgan fingerprint density at radius 1 is 1.03 bits per heavy atom. The summed E-state index contributed by atoms with van der Waals surface area (Å²) in [6, 6.07) is 15.9. The molecule has 2 aliphatic rings. The highest BCUT2D eigenvalue weighted by Gasteiger charge is 2.32. The molecule has 35 heavy (non-hydrogen) atoms. The van der Waals surface area contributed by atoms with Crippen LogP contribution in [0.4, 0.5) is 4.79 Å². The van der Waals surface area contributed by atoms with E-state index >= 15 is 0 Å². The lowest BCUT2D eigenvalue weighted by Gasteiger charge is -2.22. The minimum atomic E-state index is -0.931. The number of alkyl carbamates (subject to hydrolysis) is 1. The minimum Gasteiger partial charge on any atom is -0.481 e. The number of ether oxygens (including phenoxy) is 1. The van der Waals surface area contributed by atoms with Gasteiger partial charge in [0.25, 0.3) is 0 Å². The molecule has 0 heterocycles. The van der Waals surface area contributed by atoms with Crippen molar-refractivity contribution in [2.45, 2.75) is 57.4 Å². The number of hydrogen-bond acceptors (Lipinski definition) is 4. The van der Waals surface area contributed by atoms with Gasteiger partial charge in [0.2, 0.25) is 5.91 Å². The van der Waals surface area contributed by atoms with Gasteiger partial charge in [-0.1, -0.05) is 74.7 Å². The van der Waals surface area contributed by atoms with Crippen LogP contribution in [0.25, 0.3) is 11.1 Å². The van der Waals surface area contributed by atoms with Crippen LogP contribution in [0, 0.1) is 11.8 Å². The fourth-order valence-electron chi connectivity index (χ4n) is 5.00. The van der Waals surface area contributed by atoms with E-state index in [1.54, 1.807) is 0 Å². The lowest BCUT2D eigenvalue weighted by Crippen LogP contribution is -2.44. The summed E-state index contributed by atoms with van der Waals surface area (Å²) in [6.45, 7) is 2.35. The second-order valence-electron chi connectivity index (χ2n) is 9.67. The van der Waals surface area contributed by atoms with E-state index in [1.807, 2.05) is 31.2 Å². The number of carboxylic acids is 1. The van der Waals surface area contributed by atoms with Crippen molar-refractivity contribution in [2.75, 3.05) is 13.2 Å². The lowest BCUT2D eigenvalue weighted by atomic mass is 9.98. The first kappa shape index (κ1) is 24.8. The molecule has 0 bridgehead atoms. The van der Waals surface area contributed by atoms with Crippen molar-refractivity contribution in [3.63, 3.8) is 0 Å². The fourth-order valence-corrected chi connectivity index (χ4v) is 5.00. The summed E-state index contributed by atoms with van der Waals surface area (Å²) >= 11 is 0. The number of nitrogens with one attached hydrogen (secondary N) is 2. The van der Waals surface area contributed by atoms with Crippen LogP contribution in [0.1, 0.15) is 62.5 Å². The summed E-state index contributed by atoms with van der Waals surface area (Å²) in [5.74, 6) is -1.07. The first-order chi connectivity index (χ1) is 17.0. The molecule has 0 aromatic heterocycles. The van der Waals surface area contributed by atoms with Gasteiger partial charge in [0.15, 0.2) is 0 Å². The molecule has 2 aliphatic carbocycles. The van der Waals surface area contributed by atoms with Crippen LogP contribution in [-0.2, 0) is 14.3 Å². The van der Waals surface area contributed by atoms with Crippen molar-refractivity contribution in [2.24, 2.45) is 11.8 Å². The highest BCUT2D eigenvalue weighted by Crippen LogP contribution is 2.44. The molecule has 186 valence electrons. The van der Waals surface area contributed by atoms with Gasteiger partial charge in [0.1, 0.15) is 6.61 Å². The van der Waals surface area contributed by atoms with Crippen LogP contribution in [-0.4, -0.2) is 42.3 Å². The smallest absolute Gasteiger partial charge is 0.407 e. The Kier molecular flexibility index (Phi) is 8.06. The van der Waals surface area contributed by atoms with Gasteiger partial charge >= 0.3 is 12.1 Å². The number of benzene rings is 2. The molecule has 2 amide bonds. The predicted octanol–water partition coefficient (Wildman–Crippen LogP) is 4.70. The lowest BCUT2D eigenvalue weighted by molar-refractivity contribution is -0.137. The Balaban J connectivity index is 1.33. The third-order valence-corrected chi connectivity index (χ3v) is 6.93. The molecule has 0 aliphatic heterocycles. The van der Waals surface area contributed by atoms with E-state index in [0.717, 1.165) is 30.4 Å². The molecule has 0 spiro atoms. The zero-order valence-electron chi connectivity index (χ0n) is 20.2. The molecule has 7 heteroatoms. The van der Waals surface area contributed by atoms with Crippen LogP contribution in [0.15, 0.2) is 48.5 Å². The molecule has 0 saturated heterocycles. The number of aliphatic carboxylic acids is 1. The molecule has 7 nitrogen and oxygen atoms in total. The largest absolute Gasteiger partial charge is 0.481 e. The van der Waals surface area contributed by atoms with E-state index in [-0.39, 0.29) is 31.4 Å². The monoisotopic (exact) mass is 478 g/mol. The zero-order valence-corrected chi connectivity index (χ0v) is 20.2. The molecule has 1 saturated carbocycles. The molecule has 1 fully saturated rings. The third kappa shape index (κ3) is 6.41. The van der Waals surface area contributed by atoms with Gasteiger partial charge in [-0.3, -0.25) is 9.59 Å². The average molecular weight is 479 g/mol. The predicted molar refractivity (Wildman–Crippen MR) is 133 cm³/mol. The van der Waals surface area contributed by atoms with Gasteiger partial charge in [-0.2, -0.15) is 0 Å². The van der Waals surface area contributed by atoms with Crippen molar-refractivity contribution >= 4 is 18.0 Å². The number of carbonyl (C=O) groups is 3. The second kappa shape index (κ2) is 11.4. The Morgan fingerprint density at radius 2 is 1.66 bits per heavy atom. The molecule has 2 atom stereocenters. The standard InChI is InChI=1S/C28H34N2O5/c1-2-7-20(15-26(31)32)30-27(33)19(14-18-12-13-18)16-29-28(34)35-17-25-23-10-5-3-8-21(23)22-9-4-6-11-24(22)25/h3-6,8-11,18-20,25H,2,7,12-17H2,1H3,(H,29,34)(H,30,33)(H,31,32). The molecule has 2 aromatic carbocycles. The van der Waals surface area contributed by atoms with Crippen LogP contribution in [0.5, 0.6) is 0 Å². The van der Waals surface area contributed by atoms with Gasteiger partial charge in [-0.15, -0.1) is 0 Å². The van der Waals surface area contributed by atoms with Gasteiger partial charge in [0.05, 0.1) is 12.3 Å². The number of amides is 2.